The van der Waals surface area contributed by atoms with E-state index in [4.69, 9.17) is 9.47 Å². The van der Waals surface area contributed by atoms with Crippen molar-refractivity contribution in [3.63, 3.8) is 0 Å². The molecule has 0 aromatic heterocycles. The number of hydrogen-bond acceptors (Lipinski definition) is 7. The molecule has 37 heavy (non-hydrogen) atoms. The quantitative estimate of drug-likeness (QED) is 0.137. The van der Waals surface area contributed by atoms with E-state index in [0.29, 0.717) is 11.3 Å². The normalized spacial score (nSPS) is 13.7. The monoisotopic (exact) mass is 546 g/mol. The lowest BCUT2D eigenvalue weighted by atomic mass is 10.0. The maximum Gasteiger partial charge on any atom is 0.488 e. The molecule has 0 saturated heterocycles. The number of hydrogen-bond donors (Lipinski definition) is 0. The van der Waals surface area contributed by atoms with Gasteiger partial charge < -0.3 is 17.8 Å². The van der Waals surface area contributed by atoms with Gasteiger partial charge in [0.1, 0.15) is 23.0 Å². The average molecular weight is 547 g/mol. The smallest absolute Gasteiger partial charge is 0.451 e. The molecule has 0 heterocycles. The molecule has 4 aromatic rings. The van der Waals surface area contributed by atoms with Gasteiger partial charge in [-0.25, -0.2) is 0 Å². The summed E-state index contributed by atoms with van der Waals surface area (Å²) in [5.74, 6) is 3.16. The molecule has 0 saturated carbocycles. The summed E-state index contributed by atoms with van der Waals surface area (Å²) in [7, 11) is -9.34. The van der Waals surface area contributed by atoms with Crippen molar-refractivity contribution in [1.82, 2.24) is 0 Å². The van der Waals surface area contributed by atoms with Crippen molar-refractivity contribution >= 4 is 26.6 Å². The van der Waals surface area contributed by atoms with Gasteiger partial charge in [-0.05, 0) is 59.7 Å². The summed E-state index contributed by atoms with van der Waals surface area (Å²) in [4.78, 5) is 0. The third-order valence-corrected chi connectivity index (χ3v) is 5.67. The Labute approximate surface area is 213 Å². The van der Waals surface area contributed by atoms with Gasteiger partial charge in [0.25, 0.3) is 16.5 Å². The van der Waals surface area contributed by atoms with Gasteiger partial charge in [0, 0.05) is 11.4 Å². The summed E-state index contributed by atoms with van der Waals surface area (Å²) in [6.45, 7) is 0. The van der Waals surface area contributed by atoms with Gasteiger partial charge in [-0.15, -0.1) is 3.89 Å². The molecule has 0 bridgehead atoms. The Kier molecular flexibility index (Phi) is 7.65. The molecule has 2 unspecified atom stereocenters. The van der Waals surface area contributed by atoms with Gasteiger partial charge in [-0.3, -0.25) is 0 Å². The van der Waals surface area contributed by atoms with Crippen LogP contribution in [0.5, 0.6) is 23.0 Å². The van der Waals surface area contributed by atoms with Crippen LogP contribution in [-0.2, 0) is 20.7 Å². The fraction of sp³-hybridized carbons (Fsp3) is 0.0385. The van der Waals surface area contributed by atoms with E-state index in [-0.39, 0.29) is 17.2 Å². The minimum Gasteiger partial charge on any atom is -0.451 e. The number of benzene rings is 4. The summed E-state index contributed by atoms with van der Waals surface area (Å²) >= 11 is 0. The molecule has 0 fully saturated rings. The van der Waals surface area contributed by atoms with Crippen LogP contribution in [0.2, 0.25) is 0 Å². The summed E-state index contributed by atoms with van der Waals surface area (Å²) < 4.78 is 79.3. The molecule has 7 nitrogen and oxygen atoms in total. The molecule has 0 spiro atoms. The van der Waals surface area contributed by atoms with Crippen LogP contribution in [0.25, 0.3) is 11.1 Å². The minimum atomic E-state index is -5.16. The van der Waals surface area contributed by atoms with E-state index in [9.17, 15) is 20.4 Å². The second-order valence-corrected chi connectivity index (χ2v) is 9.79. The highest BCUT2D eigenvalue weighted by Crippen LogP contribution is 2.30. The third-order valence-electron chi connectivity index (χ3n) is 4.84. The number of ether oxygens (including phenoxy) is 2. The van der Waals surface area contributed by atoms with Crippen molar-refractivity contribution in [2.24, 2.45) is 0 Å². The molecular formula is C26H20F2O7S2. The van der Waals surface area contributed by atoms with Crippen molar-refractivity contribution in [2.45, 2.75) is 6.29 Å². The van der Waals surface area contributed by atoms with Crippen LogP contribution in [0.1, 0.15) is 11.9 Å². The standard InChI is InChI=1S/C26H20F2O7S2/c1-36(27,29)34-24-15-11-22(12-16-24)32-26(33-23-13-17-25(18-14-23)35-37(28,30)31)21-9-7-20(8-10-21)19-5-3-2-4-6-19/h2-18,26H,1H2. The highest BCUT2D eigenvalue weighted by atomic mass is 32.3. The largest absolute Gasteiger partial charge is 0.488 e. The van der Waals surface area contributed by atoms with Crippen LogP contribution in [-0.4, -0.2) is 18.5 Å². The lowest BCUT2D eigenvalue weighted by Gasteiger charge is -2.21. The van der Waals surface area contributed by atoms with Crippen LogP contribution in [0.15, 0.2) is 103 Å². The maximum absolute atomic E-state index is 13.2. The third kappa shape index (κ3) is 7.95. The van der Waals surface area contributed by atoms with Crippen LogP contribution in [0.4, 0.5) is 7.77 Å². The van der Waals surface area contributed by atoms with Crippen molar-refractivity contribution in [3.05, 3.63) is 109 Å². The van der Waals surface area contributed by atoms with E-state index >= 15 is 0 Å². The number of rotatable bonds is 10. The van der Waals surface area contributed by atoms with Crippen LogP contribution in [0, 0.1) is 0 Å². The molecule has 0 N–H and O–H groups in total. The zero-order valence-corrected chi connectivity index (χ0v) is 20.7. The molecule has 0 aliphatic carbocycles. The zero-order valence-electron chi connectivity index (χ0n) is 19.0. The second kappa shape index (κ2) is 10.9. The molecule has 11 heteroatoms. The fourth-order valence-corrected chi connectivity index (χ4v) is 4.02. The van der Waals surface area contributed by atoms with Gasteiger partial charge in [0.05, 0.1) is 0 Å². The van der Waals surface area contributed by atoms with E-state index in [1.54, 1.807) is 0 Å². The zero-order chi connectivity index (χ0) is 26.5. The highest BCUT2D eigenvalue weighted by molar-refractivity contribution is 7.91. The van der Waals surface area contributed by atoms with Gasteiger partial charge >= 0.3 is 10.5 Å². The summed E-state index contributed by atoms with van der Waals surface area (Å²) in [5.41, 5.74) is 2.63. The van der Waals surface area contributed by atoms with Crippen molar-refractivity contribution in [3.8, 4) is 34.1 Å². The van der Waals surface area contributed by atoms with E-state index in [2.05, 4.69) is 14.2 Å². The summed E-state index contributed by atoms with van der Waals surface area (Å²) in [6.07, 6.45) is -0.980. The van der Waals surface area contributed by atoms with Crippen LogP contribution >= 0.6 is 0 Å². The van der Waals surface area contributed by atoms with E-state index in [1.165, 1.54) is 48.5 Å². The summed E-state index contributed by atoms with van der Waals surface area (Å²) in [5, 5.41) is 0. The molecule has 2 atom stereocenters. The van der Waals surface area contributed by atoms with Crippen molar-refractivity contribution in [1.29, 1.82) is 0 Å². The Balaban J connectivity index is 1.58. The molecule has 0 aliphatic heterocycles. The highest BCUT2D eigenvalue weighted by Gasteiger charge is 2.17. The predicted molar refractivity (Wildman–Crippen MR) is 136 cm³/mol. The first-order chi connectivity index (χ1) is 17.5. The minimum absolute atomic E-state index is 0.00191. The SMILES string of the molecule is C=S(=O)(F)Oc1ccc(OC(Oc2ccc(OS(=O)(=O)F)cc2)c2ccc(-c3ccccc3)cc2)cc1. The second-order valence-electron chi connectivity index (χ2n) is 7.60. The average Bonchev–Trinajstić information content (AvgIpc) is 2.85. The van der Waals surface area contributed by atoms with Gasteiger partial charge in [0.15, 0.2) is 0 Å². The maximum atomic E-state index is 13.2. The Morgan fingerprint density at radius 2 is 1.00 bits per heavy atom. The van der Waals surface area contributed by atoms with E-state index < -0.39 is 27.0 Å². The first kappa shape index (κ1) is 26.0. The Morgan fingerprint density at radius 3 is 1.46 bits per heavy atom. The van der Waals surface area contributed by atoms with E-state index in [1.807, 2.05) is 54.6 Å². The molecule has 0 amide bonds. The molecular weight excluding hydrogens is 526 g/mol. The Hall–Kier alpha value is -4.09. The predicted octanol–water partition coefficient (Wildman–Crippen LogP) is 6.00. The lowest BCUT2D eigenvalue weighted by molar-refractivity contribution is 0.00377. The summed E-state index contributed by atoms with van der Waals surface area (Å²) in [6, 6.07) is 28.1. The first-order valence-electron chi connectivity index (χ1n) is 10.6. The topological polar surface area (TPSA) is 88.1 Å². The molecule has 4 aromatic carbocycles. The molecule has 4 rings (SSSR count). The van der Waals surface area contributed by atoms with Gasteiger partial charge in [-0.1, -0.05) is 58.5 Å². The van der Waals surface area contributed by atoms with Gasteiger partial charge in [-0.2, -0.15) is 12.6 Å². The lowest BCUT2D eigenvalue weighted by Crippen LogP contribution is -2.15. The van der Waals surface area contributed by atoms with Crippen molar-refractivity contribution < 1.29 is 38.2 Å². The van der Waals surface area contributed by atoms with E-state index in [0.717, 1.165) is 11.1 Å². The molecule has 0 radical (unpaired) electrons. The molecule has 192 valence electrons. The fourth-order valence-electron chi connectivity index (χ4n) is 3.28. The van der Waals surface area contributed by atoms with Gasteiger partial charge in [0.2, 0.25) is 0 Å². The van der Waals surface area contributed by atoms with Crippen molar-refractivity contribution in [2.75, 3.05) is 0 Å². The van der Waals surface area contributed by atoms with Crippen LogP contribution in [0.3, 0.4) is 0 Å². The number of halogens is 2. The Bertz CT molecular complexity index is 1460. The van der Waals surface area contributed by atoms with Crippen LogP contribution < -0.4 is 17.8 Å². The first-order valence-corrected chi connectivity index (χ1v) is 13.5. The Morgan fingerprint density at radius 1 is 0.568 bits per heavy atom. The molecule has 0 aliphatic rings.